The molecule has 0 unspecified atom stereocenters. The van der Waals surface area contributed by atoms with E-state index in [-0.39, 0.29) is 11.3 Å². The van der Waals surface area contributed by atoms with E-state index < -0.39 is 0 Å². The summed E-state index contributed by atoms with van der Waals surface area (Å²) in [7, 11) is 0. The number of hydrogen-bond acceptors (Lipinski definition) is 2. The van der Waals surface area contributed by atoms with Gasteiger partial charge in [-0.1, -0.05) is 67.6 Å². The molecule has 3 rings (SSSR count). The number of allylic oxidation sites excluding steroid dienone is 1. The van der Waals surface area contributed by atoms with Crippen LogP contribution in [0.15, 0.2) is 60.7 Å². The van der Waals surface area contributed by atoms with Crippen LogP contribution >= 0.6 is 0 Å². The van der Waals surface area contributed by atoms with Crippen LogP contribution in [-0.2, 0) is 5.41 Å². The fraction of sp³-hybridized carbons (Fsp3) is 0.400. The van der Waals surface area contributed by atoms with E-state index in [0.717, 1.165) is 38.6 Å². The molecule has 2 aromatic carbocycles. The lowest BCUT2D eigenvalue weighted by molar-refractivity contribution is 0.259. The molecule has 0 atom stereocenters. The van der Waals surface area contributed by atoms with E-state index in [1.165, 1.54) is 22.4 Å². The van der Waals surface area contributed by atoms with Gasteiger partial charge < -0.3 is 5.32 Å². The van der Waals surface area contributed by atoms with E-state index in [1.54, 1.807) is 0 Å². The molecule has 0 aromatic heterocycles. The minimum Gasteiger partial charge on any atom is -0.384 e. The fourth-order valence-corrected chi connectivity index (χ4v) is 4.28. The summed E-state index contributed by atoms with van der Waals surface area (Å²) in [5.74, 6) is 0.212. The Morgan fingerprint density at radius 3 is 2.41 bits per heavy atom. The van der Waals surface area contributed by atoms with Crippen LogP contribution in [0.2, 0.25) is 0 Å². The molecule has 0 amide bonds. The minimum absolute atomic E-state index is 0.101. The molecular weight excluding hydrogens is 328 g/mol. The first-order valence-electron chi connectivity index (χ1n) is 10.1. The van der Waals surface area contributed by atoms with Crippen molar-refractivity contribution in [1.82, 2.24) is 5.32 Å². The van der Waals surface area contributed by atoms with E-state index in [9.17, 15) is 5.26 Å². The molecule has 0 heterocycles. The molecule has 1 saturated carbocycles. The maximum atomic E-state index is 9.32. The van der Waals surface area contributed by atoms with E-state index in [4.69, 9.17) is 0 Å². The second kappa shape index (κ2) is 8.91. The molecule has 0 saturated heterocycles. The highest BCUT2D eigenvalue weighted by Crippen LogP contribution is 2.41. The maximum Gasteiger partial charge on any atom is 0.0655 e. The Morgan fingerprint density at radius 1 is 1.11 bits per heavy atom. The van der Waals surface area contributed by atoms with Crippen molar-refractivity contribution in [3.8, 4) is 6.07 Å². The van der Waals surface area contributed by atoms with Crippen LogP contribution < -0.4 is 5.32 Å². The Morgan fingerprint density at radius 2 is 1.78 bits per heavy atom. The largest absolute Gasteiger partial charge is 0.384 e. The van der Waals surface area contributed by atoms with Crippen molar-refractivity contribution >= 4 is 5.70 Å². The molecule has 1 fully saturated rings. The molecule has 2 aromatic rings. The van der Waals surface area contributed by atoms with Crippen molar-refractivity contribution in [2.45, 2.75) is 51.4 Å². The summed E-state index contributed by atoms with van der Waals surface area (Å²) >= 11 is 0. The van der Waals surface area contributed by atoms with Gasteiger partial charge in [0.15, 0.2) is 0 Å². The van der Waals surface area contributed by atoms with Crippen molar-refractivity contribution in [2.75, 3.05) is 6.54 Å². The number of benzene rings is 2. The average Bonchev–Trinajstić information content (AvgIpc) is 2.73. The summed E-state index contributed by atoms with van der Waals surface area (Å²) in [6, 6.07) is 21.9. The Labute approximate surface area is 163 Å². The van der Waals surface area contributed by atoms with Crippen LogP contribution in [0.5, 0.6) is 0 Å². The highest BCUT2D eigenvalue weighted by atomic mass is 14.9. The van der Waals surface area contributed by atoms with Crippen LogP contribution in [0.25, 0.3) is 5.70 Å². The van der Waals surface area contributed by atoms with Crippen molar-refractivity contribution in [2.24, 2.45) is 5.92 Å². The molecule has 140 valence electrons. The zero-order chi connectivity index (χ0) is 19.1. The number of hydrogen-bond donors (Lipinski definition) is 1. The molecule has 0 bridgehead atoms. The number of rotatable bonds is 6. The van der Waals surface area contributed by atoms with Gasteiger partial charge in [0.2, 0.25) is 0 Å². The highest BCUT2D eigenvalue weighted by Gasteiger charge is 2.36. The Hall–Kier alpha value is -2.53. The van der Waals surface area contributed by atoms with E-state index in [1.807, 2.05) is 0 Å². The lowest BCUT2D eigenvalue weighted by Gasteiger charge is -2.40. The molecule has 2 heteroatoms. The third kappa shape index (κ3) is 4.42. The summed E-state index contributed by atoms with van der Waals surface area (Å²) in [6.07, 6.45) is 7.41. The van der Waals surface area contributed by atoms with Crippen LogP contribution in [0.3, 0.4) is 0 Å². The van der Waals surface area contributed by atoms with Gasteiger partial charge in [-0.25, -0.2) is 0 Å². The number of nitrogens with zero attached hydrogens (tertiary/aromatic N) is 1. The Kier molecular flexibility index (Phi) is 6.35. The van der Waals surface area contributed by atoms with Gasteiger partial charge in [-0.3, -0.25) is 0 Å². The Balaban J connectivity index is 1.85. The summed E-state index contributed by atoms with van der Waals surface area (Å²) in [5.41, 5.74) is 5.31. The van der Waals surface area contributed by atoms with Crippen molar-refractivity contribution in [3.05, 3.63) is 77.4 Å². The Bertz CT molecular complexity index is 806. The van der Waals surface area contributed by atoms with Gasteiger partial charge in [0.05, 0.1) is 6.07 Å². The van der Waals surface area contributed by atoms with E-state index in [2.05, 4.69) is 85.9 Å². The third-order valence-electron chi connectivity index (χ3n) is 5.97. The van der Waals surface area contributed by atoms with Gasteiger partial charge in [0, 0.05) is 29.1 Å². The predicted octanol–water partition coefficient (Wildman–Crippen LogP) is 5.99. The van der Waals surface area contributed by atoms with Gasteiger partial charge in [-0.2, -0.15) is 5.26 Å². The van der Waals surface area contributed by atoms with Crippen molar-refractivity contribution in [1.29, 1.82) is 5.26 Å². The molecule has 2 nitrogen and oxygen atoms in total. The molecule has 1 aliphatic rings. The highest BCUT2D eigenvalue weighted by molar-refractivity contribution is 5.66. The monoisotopic (exact) mass is 358 g/mol. The van der Waals surface area contributed by atoms with Gasteiger partial charge in [0.1, 0.15) is 0 Å². The minimum atomic E-state index is 0.101. The first-order chi connectivity index (χ1) is 13.2. The second-order valence-corrected chi connectivity index (χ2v) is 7.74. The molecule has 0 aliphatic heterocycles. The van der Waals surface area contributed by atoms with Gasteiger partial charge >= 0.3 is 0 Å². The van der Waals surface area contributed by atoms with Crippen LogP contribution in [0, 0.1) is 24.2 Å². The maximum absolute atomic E-state index is 9.32. The number of aryl methyl sites for hydroxylation is 1. The normalized spacial score (nSPS) is 22.9. The number of nitrogens with one attached hydrogen (secondary N) is 1. The van der Waals surface area contributed by atoms with Crippen molar-refractivity contribution in [3.63, 3.8) is 0 Å². The smallest absolute Gasteiger partial charge is 0.0655 e. The fourth-order valence-electron chi connectivity index (χ4n) is 4.28. The standard InChI is InChI=1S/C25H30N2/c1-3-9-24(23-13-8-7-10-20(23)2)27-19-25(22-11-5-4-6-12-22)16-14-21(18-26)15-17-25/h4-13,21,27H,3,14-17,19H2,1-2H3/b24-9-. The van der Waals surface area contributed by atoms with Crippen LogP contribution in [-0.4, -0.2) is 6.54 Å². The van der Waals surface area contributed by atoms with E-state index in [0.29, 0.717) is 0 Å². The molecule has 1 aliphatic carbocycles. The van der Waals surface area contributed by atoms with Crippen molar-refractivity contribution < 1.29 is 0 Å². The number of nitriles is 1. The summed E-state index contributed by atoms with van der Waals surface area (Å²) in [6.45, 7) is 5.27. The topological polar surface area (TPSA) is 35.8 Å². The molecule has 0 radical (unpaired) electrons. The van der Waals surface area contributed by atoms with Gasteiger partial charge in [0.25, 0.3) is 0 Å². The molecule has 1 N–H and O–H groups in total. The zero-order valence-corrected chi connectivity index (χ0v) is 16.5. The van der Waals surface area contributed by atoms with Crippen LogP contribution in [0.4, 0.5) is 0 Å². The average molecular weight is 359 g/mol. The molecule has 0 spiro atoms. The van der Waals surface area contributed by atoms with E-state index >= 15 is 0 Å². The molecular formula is C25H30N2. The first kappa shape index (κ1) is 19.2. The lowest BCUT2D eigenvalue weighted by atomic mass is 9.66. The second-order valence-electron chi connectivity index (χ2n) is 7.74. The first-order valence-corrected chi connectivity index (χ1v) is 10.1. The SMILES string of the molecule is CC/C=C(\NCC1(c2ccccc2)CCC(C#N)CC1)c1ccccc1C. The molecule has 27 heavy (non-hydrogen) atoms. The summed E-state index contributed by atoms with van der Waals surface area (Å²) in [4.78, 5) is 0. The quantitative estimate of drug-likeness (QED) is 0.688. The lowest BCUT2D eigenvalue weighted by Crippen LogP contribution is -2.40. The summed E-state index contributed by atoms with van der Waals surface area (Å²) < 4.78 is 0. The predicted molar refractivity (Wildman–Crippen MR) is 113 cm³/mol. The van der Waals surface area contributed by atoms with Crippen LogP contribution in [0.1, 0.15) is 55.7 Å². The van der Waals surface area contributed by atoms with Gasteiger partial charge in [-0.05, 0) is 50.2 Å². The third-order valence-corrected chi connectivity index (χ3v) is 5.97. The zero-order valence-electron chi connectivity index (χ0n) is 16.5. The van der Waals surface area contributed by atoms with Gasteiger partial charge in [-0.15, -0.1) is 0 Å². The summed E-state index contributed by atoms with van der Waals surface area (Å²) in [5, 5.41) is 13.1.